The van der Waals surface area contributed by atoms with E-state index >= 15 is 0 Å². The highest BCUT2D eigenvalue weighted by molar-refractivity contribution is 5.60. The van der Waals surface area contributed by atoms with Crippen molar-refractivity contribution in [3.8, 4) is 11.5 Å². The number of benzene rings is 1. The number of halogens is 2. The van der Waals surface area contributed by atoms with E-state index in [9.17, 15) is 8.78 Å². The van der Waals surface area contributed by atoms with Crippen LogP contribution in [-0.2, 0) is 4.74 Å². The highest BCUT2D eigenvalue weighted by Gasteiger charge is 2.29. The number of nitrogens with one attached hydrogen (secondary N) is 1. The maximum atomic E-state index is 12.5. The van der Waals surface area contributed by atoms with Gasteiger partial charge in [0, 0.05) is 18.7 Å². The van der Waals surface area contributed by atoms with Gasteiger partial charge in [0.2, 0.25) is 0 Å². The highest BCUT2D eigenvalue weighted by Crippen LogP contribution is 2.33. The van der Waals surface area contributed by atoms with E-state index in [0.717, 1.165) is 12.8 Å². The standard InChI is InChI=1S/C15H21F2NO3/c1-15(2)9-10(6-7-20-15)18-12-8-11(19-3)4-5-13(12)21-14(16)17/h4-5,8,10,14,18H,6-7,9H2,1-3H3. The van der Waals surface area contributed by atoms with E-state index < -0.39 is 6.61 Å². The van der Waals surface area contributed by atoms with E-state index in [2.05, 4.69) is 10.1 Å². The van der Waals surface area contributed by atoms with Crippen LogP contribution >= 0.6 is 0 Å². The lowest BCUT2D eigenvalue weighted by molar-refractivity contribution is -0.0563. The molecule has 0 aliphatic carbocycles. The summed E-state index contributed by atoms with van der Waals surface area (Å²) in [6.07, 6.45) is 1.60. The molecule has 1 atom stereocenters. The van der Waals surface area contributed by atoms with Crippen molar-refractivity contribution >= 4 is 5.69 Å². The van der Waals surface area contributed by atoms with E-state index in [1.165, 1.54) is 13.2 Å². The van der Waals surface area contributed by atoms with Crippen LogP contribution in [0.25, 0.3) is 0 Å². The van der Waals surface area contributed by atoms with E-state index in [1.54, 1.807) is 12.1 Å². The molecule has 0 bridgehead atoms. The van der Waals surface area contributed by atoms with E-state index in [0.29, 0.717) is 18.0 Å². The smallest absolute Gasteiger partial charge is 0.387 e. The molecule has 1 heterocycles. The number of alkyl halides is 2. The molecule has 1 N–H and O–H groups in total. The average molecular weight is 301 g/mol. The molecule has 118 valence electrons. The van der Waals surface area contributed by atoms with Gasteiger partial charge in [-0.25, -0.2) is 0 Å². The van der Waals surface area contributed by atoms with Crippen molar-refractivity contribution in [2.24, 2.45) is 0 Å². The first-order valence-electron chi connectivity index (χ1n) is 6.93. The first kappa shape index (κ1) is 15.8. The molecular weight excluding hydrogens is 280 g/mol. The van der Waals surface area contributed by atoms with Crippen LogP contribution in [0.5, 0.6) is 11.5 Å². The Morgan fingerprint density at radius 2 is 2.14 bits per heavy atom. The fourth-order valence-electron chi connectivity index (χ4n) is 2.52. The molecule has 0 amide bonds. The molecule has 21 heavy (non-hydrogen) atoms. The lowest BCUT2D eigenvalue weighted by atomic mass is 9.94. The second-order valence-corrected chi connectivity index (χ2v) is 5.68. The molecule has 1 aliphatic rings. The van der Waals surface area contributed by atoms with Crippen LogP contribution in [0.3, 0.4) is 0 Å². The summed E-state index contributed by atoms with van der Waals surface area (Å²) in [5.41, 5.74) is 0.288. The number of anilines is 1. The van der Waals surface area contributed by atoms with Gasteiger partial charge in [0.25, 0.3) is 0 Å². The molecule has 6 heteroatoms. The summed E-state index contributed by atoms with van der Waals surface area (Å²) in [5.74, 6) is 0.709. The van der Waals surface area contributed by atoms with Gasteiger partial charge in [-0.15, -0.1) is 0 Å². The van der Waals surface area contributed by atoms with Crippen molar-refractivity contribution in [3.63, 3.8) is 0 Å². The van der Waals surface area contributed by atoms with Gasteiger partial charge in [-0.2, -0.15) is 8.78 Å². The Labute approximate surface area is 123 Å². The zero-order chi connectivity index (χ0) is 15.5. The van der Waals surface area contributed by atoms with Gasteiger partial charge in [-0.05, 0) is 38.8 Å². The number of methoxy groups -OCH3 is 1. The fourth-order valence-corrected chi connectivity index (χ4v) is 2.52. The van der Waals surface area contributed by atoms with Crippen LogP contribution in [-0.4, -0.2) is 32.0 Å². The van der Waals surface area contributed by atoms with E-state index in [-0.39, 0.29) is 17.4 Å². The number of hydrogen-bond acceptors (Lipinski definition) is 4. The zero-order valence-electron chi connectivity index (χ0n) is 12.5. The summed E-state index contributed by atoms with van der Waals surface area (Å²) >= 11 is 0. The predicted molar refractivity (Wildman–Crippen MR) is 76.3 cm³/mol. The summed E-state index contributed by atoms with van der Waals surface area (Å²) in [6.45, 7) is 1.82. The van der Waals surface area contributed by atoms with Crippen LogP contribution in [0.15, 0.2) is 18.2 Å². The quantitative estimate of drug-likeness (QED) is 0.901. The van der Waals surface area contributed by atoms with Gasteiger partial charge in [0.1, 0.15) is 11.5 Å². The van der Waals surface area contributed by atoms with Crippen molar-refractivity contribution in [2.45, 2.75) is 44.9 Å². The molecule has 2 rings (SSSR count). The number of rotatable bonds is 5. The number of hydrogen-bond donors (Lipinski definition) is 1. The largest absolute Gasteiger partial charge is 0.497 e. The fraction of sp³-hybridized carbons (Fsp3) is 0.600. The van der Waals surface area contributed by atoms with Gasteiger partial charge in [0.05, 0.1) is 18.4 Å². The first-order chi connectivity index (χ1) is 9.89. The second kappa shape index (κ2) is 6.47. The van der Waals surface area contributed by atoms with Crippen LogP contribution < -0.4 is 14.8 Å². The van der Waals surface area contributed by atoms with Gasteiger partial charge in [-0.1, -0.05) is 0 Å². The normalized spacial score (nSPS) is 21.1. The Hall–Kier alpha value is -1.56. The predicted octanol–water partition coefficient (Wildman–Crippen LogP) is 3.67. The molecule has 1 aromatic carbocycles. The van der Waals surface area contributed by atoms with Crippen LogP contribution in [0.1, 0.15) is 26.7 Å². The molecule has 1 saturated heterocycles. The molecular formula is C15H21F2NO3. The first-order valence-corrected chi connectivity index (χ1v) is 6.93. The van der Waals surface area contributed by atoms with Crippen molar-refractivity contribution in [2.75, 3.05) is 19.0 Å². The Morgan fingerprint density at radius 1 is 1.38 bits per heavy atom. The topological polar surface area (TPSA) is 39.7 Å². The van der Waals surface area contributed by atoms with Gasteiger partial charge < -0.3 is 19.5 Å². The summed E-state index contributed by atoms with van der Waals surface area (Å²) < 4.78 is 40.3. The minimum Gasteiger partial charge on any atom is -0.497 e. The molecule has 1 aliphatic heterocycles. The maximum absolute atomic E-state index is 12.5. The SMILES string of the molecule is COc1ccc(OC(F)F)c(NC2CCOC(C)(C)C2)c1. The van der Waals surface area contributed by atoms with Gasteiger partial charge in [0.15, 0.2) is 0 Å². The molecule has 0 spiro atoms. The van der Waals surface area contributed by atoms with Crippen molar-refractivity contribution in [3.05, 3.63) is 18.2 Å². The van der Waals surface area contributed by atoms with Crippen LogP contribution in [0, 0.1) is 0 Å². The van der Waals surface area contributed by atoms with Crippen molar-refractivity contribution < 1.29 is 23.0 Å². The van der Waals surface area contributed by atoms with Crippen molar-refractivity contribution in [1.29, 1.82) is 0 Å². The molecule has 0 radical (unpaired) electrons. The summed E-state index contributed by atoms with van der Waals surface area (Å²) in [4.78, 5) is 0. The van der Waals surface area contributed by atoms with Crippen LogP contribution in [0.2, 0.25) is 0 Å². The maximum Gasteiger partial charge on any atom is 0.387 e. The molecule has 1 fully saturated rings. The van der Waals surface area contributed by atoms with Crippen LogP contribution in [0.4, 0.5) is 14.5 Å². The minimum atomic E-state index is -2.86. The Morgan fingerprint density at radius 3 is 2.76 bits per heavy atom. The monoisotopic (exact) mass is 301 g/mol. The molecule has 1 aromatic rings. The summed E-state index contributed by atoms with van der Waals surface area (Å²) in [6, 6.07) is 4.88. The average Bonchev–Trinajstić information content (AvgIpc) is 2.39. The Kier molecular flexibility index (Phi) is 4.88. The summed E-state index contributed by atoms with van der Waals surface area (Å²) in [7, 11) is 1.53. The zero-order valence-corrected chi connectivity index (χ0v) is 12.5. The third-order valence-corrected chi connectivity index (χ3v) is 3.46. The molecule has 0 saturated carbocycles. The summed E-state index contributed by atoms with van der Waals surface area (Å²) in [5, 5.41) is 3.27. The van der Waals surface area contributed by atoms with E-state index in [1.807, 2.05) is 13.8 Å². The second-order valence-electron chi connectivity index (χ2n) is 5.68. The van der Waals surface area contributed by atoms with E-state index in [4.69, 9.17) is 9.47 Å². The van der Waals surface area contributed by atoms with Gasteiger partial charge >= 0.3 is 6.61 Å². The molecule has 1 unspecified atom stereocenters. The third kappa shape index (κ3) is 4.46. The molecule has 0 aromatic heterocycles. The van der Waals surface area contributed by atoms with Gasteiger partial charge in [-0.3, -0.25) is 0 Å². The third-order valence-electron chi connectivity index (χ3n) is 3.46. The lowest BCUT2D eigenvalue weighted by Crippen LogP contribution is -2.40. The minimum absolute atomic E-state index is 0.120. The Bertz CT molecular complexity index is 480. The number of ether oxygens (including phenoxy) is 3. The van der Waals surface area contributed by atoms with Crippen molar-refractivity contribution in [1.82, 2.24) is 0 Å². The molecule has 4 nitrogen and oxygen atoms in total. The highest BCUT2D eigenvalue weighted by atomic mass is 19.3. The lowest BCUT2D eigenvalue weighted by Gasteiger charge is -2.36. The Balaban J connectivity index is 2.16.